The van der Waals surface area contributed by atoms with Crippen LogP contribution in [0, 0.1) is 0 Å². The van der Waals surface area contributed by atoms with Crippen molar-refractivity contribution < 1.29 is 0 Å². The highest BCUT2D eigenvalue weighted by atomic mass is 15.2. The molecule has 1 aromatic carbocycles. The third-order valence-electron chi connectivity index (χ3n) is 2.54. The van der Waals surface area contributed by atoms with E-state index in [1.165, 1.54) is 0 Å². The van der Waals surface area contributed by atoms with Gasteiger partial charge in [0.1, 0.15) is 0 Å². The highest BCUT2D eigenvalue weighted by molar-refractivity contribution is 5.83. The molecule has 1 aromatic heterocycles. The lowest BCUT2D eigenvalue weighted by atomic mass is 10.2. The number of benzene rings is 1. The SMILES string of the molecule is [C]1=Nc2ncccc2CN1c1ccccc1. The molecule has 77 valence electrons. The van der Waals surface area contributed by atoms with Gasteiger partial charge in [0.2, 0.25) is 0 Å². The Morgan fingerprint density at radius 1 is 1.06 bits per heavy atom. The average Bonchev–Trinajstić information content (AvgIpc) is 2.39. The molecule has 0 fully saturated rings. The van der Waals surface area contributed by atoms with Crippen LogP contribution >= 0.6 is 0 Å². The van der Waals surface area contributed by atoms with Crippen LogP contribution in [0.15, 0.2) is 53.7 Å². The monoisotopic (exact) mass is 208 g/mol. The Morgan fingerprint density at radius 2 is 1.94 bits per heavy atom. The van der Waals surface area contributed by atoms with Gasteiger partial charge in [-0.2, -0.15) is 0 Å². The molecule has 2 heterocycles. The number of fused-ring (bicyclic) bond motifs is 1. The number of anilines is 1. The molecule has 0 atom stereocenters. The zero-order valence-electron chi connectivity index (χ0n) is 8.67. The second-order valence-corrected chi connectivity index (χ2v) is 3.62. The van der Waals surface area contributed by atoms with Gasteiger partial charge in [-0.3, -0.25) is 0 Å². The predicted molar refractivity (Wildman–Crippen MR) is 64.0 cm³/mol. The Morgan fingerprint density at radius 3 is 2.81 bits per heavy atom. The summed E-state index contributed by atoms with van der Waals surface area (Å²) >= 11 is 0. The van der Waals surface area contributed by atoms with Gasteiger partial charge in [-0.15, -0.1) is 0 Å². The molecule has 3 heteroatoms. The summed E-state index contributed by atoms with van der Waals surface area (Å²) in [5.41, 5.74) is 2.23. The molecule has 16 heavy (non-hydrogen) atoms. The molecule has 0 spiro atoms. The van der Waals surface area contributed by atoms with E-state index >= 15 is 0 Å². The number of rotatable bonds is 1. The molecule has 0 aliphatic carbocycles. The molecular formula is C13H10N3. The Labute approximate surface area is 94.1 Å². The Balaban J connectivity index is 1.95. The summed E-state index contributed by atoms with van der Waals surface area (Å²) in [6, 6.07) is 14.1. The van der Waals surface area contributed by atoms with Crippen LogP contribution in [0.4, 0.5) is 11.5 Å². The molecule has 1 radical (unpaired) electrons. The molecule has 2 aromatic rings. The van der Waals surface area contributed by atoms with Crippen molar-refractivity contribution in [3.8, 4) is 0 Å². The predicted octanol–water partition coefficient (Wildman–Crippen LogP) is 2.64. The van der Waals surface area contributed by atoms with Crippen molar-refractivity contribution in [2.24, 2.45) is 4.99 Å². The van der Waals surface area contributed by atoms with Crippen molar-refractivity contribution in [2.45, 2.75) is 6.54 Å². The van der Waals surface area contributed by atoms with Crippen LogP contribution in [0.3, 0.4) is 0 Å². The minimum absolute atomic E-state index is 0.773. The maximum atomic E-state index is 4.22. The molecule has 3 nitrogen and oxygen atoms in total. The van der Waals surface area contributed by atoms with Gasteiger partial charge in [-0.05, 0) is 18.2 Å². The lowest BCUT2D eigenvalue weighted by Gasteiger charge is -2.22. The number of hydrogen-bond donors (Lipinski definition) is 0. The summed E-state index contributed by atoms with van der Waals surface area (Å²) < 4.78 is 0. The quantitative estimate of drug-likeness (QED) is 0.720. The highest BCUT2D eigenvalue weighted by Gasteiger charge is 2.13. The van der Waals surface area contributed by atoms with E-state index in [0.29, 0.717) is 0 Å². The van der Waals surface area contributed by atoms with Gasteiger partial charge in [0.25, 0.3) is 0 Å². The van der Waals surface area contributed by atoms with Gasteiger partial charge in [0.15, 0.2) is 12.2 Å². The lowest BCUT2D eigenvalue weighted by Crippen LogP contribution is -2.23. The summed E-state index contributed by atoms with van der Waals surface area (Å²) in [4.78, 5) is 10.4. The van der Waals surface area contributed by atoms with Crippen molar-refractivity contribution in [2.75, 3.05) is 4.90 Å². The van der Waals surface area contributed by atoms with E-state index in [9.17, 15) is 0 Å². The second kappa shape index (κ2) is 3.77. The first-order valence-corrected chi connectivity index (χ1v) is 5.16. The van der Waals surface area contributed by atoms with Crippen LogP contribution < -0.4 is 4.90 Å². The van der Waals surface area contributed by atoms with Gasteiger partial charge in [0.05, 0.1) is 6.54 Å². The van der Waals surface area contributed by atoms with Crippen molar-refractivity contribution in [1.82, 2.24) is 4.98 Å². The molecule has 0 saturated heterocycles. The maximum Gasteiger partial charge on any atom is 0.179 e. The average molecular weight is 208 g/mol. The third-order valence-corrected chi connectivity index (χ3v) is 2.54. The molecule has 0 amide bonds. The van der Waals surface area contributed by atoms with Gasteiger partial charge in [-0.1, -0.05) is 24.3 Å². The van der Waals surface area contributed by atoms with Crippen molar-refractivity contribution >= 4 is 17.8 Å². The highest BCUT2D eigenvalue weighted by Crippen LogP contribution is 2.24. The summed E-state index contributed by atoms with van der Waals surface area (Å²) in [6.07, 6.45) is 4.74. The normalized spacial score (nSPS) is 13.6. The van der Waals surface area contributed by atoms with Gasteiger partial charge in [0, 0.05) is 17.4 Å². The van der Waals surface area contributed by atoms with E-state index in [4.69, 9.17) is 0 Å². The van der Waals surface area contributed by atoms with Crippen LogP contribution in [-0.2, 0) is 6.54 Å². The summed E-state index contributed by atoms with van der Waals surface area (Å²) in [5, 5.41) is 0. The number of nitrogens with zero attached hydrogens (tertiary/aromatic N) is 3. The number of para-hydroxylation sites is 1. The van der Waals surface area contributed by atoms with Crippen molar-refractivity contribution in [3.05, 3.63) is 54.2 Å². The van der Waals surface area contributed by atoms with Crippen LogP contribution in [0.1, 0.15) is 5.56 Å². The van der Waals surface area contributed by atoms with E-state index in [-0.39, 0.29) is 0 Å². The Kier molecular flexibility index (Phi) is 2.14. The smallest absolute Gasteiger partial charge is 0.179 e. The van der Waals surface area contributed by atoms with E-state index in [0.717, 1.165) is 23.6 Å². The molecule has 0 saturated carbocycles. The van der Waals surface area contributed by atoms with Gasteiger partial charge < -0.3 is 4.90 Å². The maximum absolute atomic E-state index is 4.22. The first kappa shape index (κ1) is 9.09. The fourth-order valence-corrected chi connectivity index (χ4v) is 1.72. The second-order valence-electron chi connectivity index (χ2n) is 3.62. The number of pyridine rings is 1. The number of hydrogen-bond acceptors (Lipinski definition) is 3. The molecule has 0 unspecified atom stereocenters. The Bertz CT molecular complexity index is 520. The first-order chi connectivity index (χ1) is 7.93. The molecule has 3 rings (SSSR count). The van der Waals surface area contributed by atoms with Crippen LogP contribution in [0.25, 0.3) is 0 Å². The van der Waals surface area contributed by atoms with E-state index in [1.807, 2.05) is 47.4 Å². The summed E-state index contributed by atoms with van der Waals surface area (Å²) in [7, 11) is 0. The topological polar surface area (TPSA) is 28.5 Å². The lowest BCUT2D eigenvalue weighted by molar-refractivity contribution is 0.976. The van der Waals surface area contributed by atoms with Crippen LogP contribution in [0.2, 0.25) is 0 Å². The van der Waals surface area contributed by atoms with E-state index in [2.05, 4.69) is 16.3 Å². The molecule has 0 bridgehead atoms. The molecule has 0 N–H and O–H groups in total. The number of aliphatic imine (C=N–C) groups is 1. The third kappa shape index (κ3) is 1.56. The molecular weight excluding hydrogens is 198 g/mol. The van der Waals surface area contributed by atoms with Crippen LogP contribution in [-0.4, -0.2) is 11.3 Å². The van der Waals surface area contributed by atoms with E-state index in [1.54, 1.807) is 6.20 Å². The van der Waals surface area contributed by atoms with E-state index < -0.39 is 0 Å². The van der Waals surface area contributed by atoms with Crippen LogP contribution in [0.5, 0.6) is 0 Å². The summed E-state index contributed by atoms with van der Waals surface area (Å²) in [5.74, 6) is 0.773. The largest absolute Gasteiger partial charge is 0.319 e. The van der Waals surface area contributed by atoms with Crippen molar-refractivity contribution in [3.63, 3.8) is 0 Å². The Hall–Kier alpha value is -2.16. The zero-order chi connectivity index (χ0) is 10.8. The zero-order valence-corrected chi connectivity index (χ0v) is 8.67. The minimum Gasteiger partial charge on any atom is -0.319 e. The number of aromatic nitrogens is 1. The minimum atomic E-state index is 0.773. The standard InChI is InChI=1S/C13H10N3/c1-2-6-12(7-3-1)16-9-11-5-4-8-14-13(11)15-10-16/h1-8H,9H2. The van der Waals surface area contributed by atoms with Gasteiger partial charge >= 0.3 is 0 Å². The van der Waals surface area contributed by atoms with Gasteiger partial charge in [-0.25, -0.2) is 9.98 Å². The molecule has 1 aliphatic rings. The summed E-state index contributed by atoms with van der Waals surface area (Å²) in [6.45, 7) is 0.774. The fraction of sp³-hybridized carbons (Fsp3) is 0.0769. The fourth-order valence-electron chi connectivity index (χ4n) is 1.72. The first-order valence-electron chi connectivity index (χ1n) is 5.16. The molecule has 1 aliphatic heterocycles. The van der Waals surface area contributed by atoms with Crippen molar-refractivity contribution in [1.29, 1.82) is 0 Å².